The van der Waals surface area contributed by atoms with Gasteiger partial charge in [-0.3, -0.25) is 4.79 Å². The summed E-state index contributed by atoms with van der Waals surface area (Å²) in [7, 11) is 1.38. The average Bonchev–Trinajstić information content (AvgIpc) is 2.72. The maximum atomic E-state index is 13.7. The van der Waals surface area contributed by atoms with Crippen LogP contribution in [0.15, 0.2) is 30.5 Å². The molecule has 1 saturated heterocycles. The SMILES string of the molecule is COc1ccc(C(=O)NCCNc2cc(N3CCOCC3)cnn2)cc1F. The van der Waals surface area contributed by atoms with Crippen LogP contribution in [0.3, 0.4) is 0 Å². The zero-order valence-corrected chi connectivity index (χ0v) is 15.1. The summed E-state index contributed by atoms with van der Waals surface area (Å²) in [5.41, 5.74) is 1.22. The number of hydrogen-bond acceptors (Lipinski definition) is 7. The lowest BCUT2D eigenvalue weighted by Crippen LogP contribution is -2.36. The summed E-state index contributed by atoms with van der Waals surface area (Å²) in [6.07, 6.45) is 1.72. The first-order chi connectivity index (χ1) is 13.2. The Balaban J connectivity index is 1.47. The van der Waals surface area contributed by atoms with Gasteiger partial charge in [-0.2, -0.15) is 5.10 Å². The van der Waals surface area contributed by atoms with Crippen LogP contribution in [-0.4, -0.2) is 62.6 Å². The second-order valence-electron chi connectivity index (χ2n) is 5.93. The van der Waals surface area contributed by atoms with Crippen LogP contribution < -0.4 is 20.3 Å². The van der Waals surface area contributed by atoms with Crippen molar-refractivity contribution < 1.29 is 18.7 Å². The van der Waals surface area contributed by atoms with Crippen molar-refractivity contribution in [2.75, 3.05) is 56.7 Å². The molecule has 1 aliphatic rings. The number of amides is 1. The van der Waals surface area contributed by atoms with E-state index in [1.165, 1.54) is 19.2 Å². The monoisotopic (exact) mass is 375 g/mol. The summed E-state index contributed by atoms with van der Waals surface area (Å²) in [5.74, 6) is -0.194. The number of methoxy groups -OCH3 is 1. The highest BCUT2D eigenvalue weighted by Gasteiger charge is 2.12. The molecule has 2 heterocycles. The molecule has 0 bridgehead atoms. The predicted octanol–water partition coefficient (Wildman–Crippen LogP) is 1.30. The first-order valence-corrected chi connectivity index (χ1v) is 8.68. The molecule has 27 heavy (non-hydrogen) atoms. The first-order valence-electron chi connectivity index (χ1n) is 8.68. The molecule has 0 unspecified atom stereocenters. The molecule has 2 aromatic rings. The van der Waals surface area contributed by atoms with E-state index in [1.807, 2.05) is 6.07 Å². The van der Waals surface area contributed by atoms with Crippen LogP contribution >= 0.6 is 0 Å². The molecule has 3 rings (SSSR count). The van der Waals surface area contributed by atoms with Crippen LogP contribution in [0.2, 0.25) is 0 Å². The molecule has 1 amide bonds. The number of morpholine rings is 1. The Hall–Kier alpha value is -2.94. The van der Waals surface area contributed by atoms with Crippen molar-refractivity contribution in [3.63, 3.8) is 0 Å². The van der Waals surface area contributed by atoms with E-state index < -0.39 is 5.82 Å². The quantitative estimate of drug-likeness (QED) is 0.705. The fourth-order valence-electron chi connectivity index (χ4n) is 2.71. The summed E-state index contributed by atoms with van der Waals surface area (Å²) >= 11 is 0. The maximum Gasteiger partial charge on any atom is 0.251 e. The second kappa shape index (κ2) is 9.13. The number of ether oxygens (including phenoxy) is 2. The maximum absolute atomic E-state index is 13.7. The Morgan fingerprint density at radius 1 is 1.30 bits per heavy atom. The summed E-state index contributed by atoms with van der Waals surface area (Å²) in [5, 5.41) is 13.9. The van der Waals surface area contributed by atoms with E-state index in [2.05, 4.69) is 25.7 Å². The first kappa shape index (κ1) is 18.8. The second-order valence-corrected chi connectivity index (χ2v) is 5.93. The van der Waals surface area contributed by atoms with E-state index in [4.69, 9.17) is 9.47 Å². The molecular formula is C18H22FN5O3. The molecule has 1 aromatic carbocycles. The molecule has 1 aromatic heterocycles. The minimum absolute atomic E-state index is 0.104. The number of carbonyl (C=O) groups is 1. The Kier molecular flexibility index (Phi) is 6.37. The number of rotatable bonds is 7. The third-order valence-corrected chi connectivity index (χ3v) is 4.15. The number of benzene rings is 1. The van der Waals surface area contributed by atoms with Gasteiger partial charge in [-0.05, 0) is 18.2 Å². The van der Waals surface area contributed by atoms with Gasteiger partial charge in [0.05, 0.1) is 32.2 Å². The summed E-state index contributed by atoms with van der Waals surface area (Å²) in [4.78, 5) is 14.3. The van der Waals surface area contributed by atoms with E-state index in [9.17, 15) is 9.18 Å². The molecule has 0 aliphatic carbocycles. The standard InChI is InChI=1S/C18H22FN5O3/c1-26-16-3-2-13(10-15(16)19)18(25)21-5-4-20-17-11-14(12-22-23-17)24-6-8-27-9-7-24/h2-3,10-12H,4-9H2,1H3,(H,20,23)(H,21,25). The largest absolute Gasteiger partial charge is 0.494 e. The molecule has 8 nitrogen and oxygen atoms in total. The third-order valence-electron chi connectivity index (χ3n) is 4.15. The van der Waals surface area contributed by atoms with Gasteiger partial charge >= 0.3 is 0 Å². The smallest absolute Gasteiger partial charge is 0.251 e. The zero-order chi connectivity index (χ0) is 19.1. The number of hydrogen-bond donors (Lipinski definition) is 2. The van der Waals surface area contributed by atoms with Crippen LogP contribution in [0.1, 0.15) is 10.4 Å². The van der Waals surface area contributed by atoms with Crippen LogP contribution in [0, 0.1) is 5.82 Å². The van der Waals surface area contributed by atoms with Gasteiger partial charge in [0.2, 0.25) is 0 Å². The van der Waals surface area contributed by atoms with Gasteiger partial charge in [-0.15, -0.1) is 5.10 Å². The Bertz CT molecular complexity index is 783. The van der Waals surface area contributed by atoms with E-state index in [1.54, 1.807) is 6.20 Å². The molecule has 0 atom stereocenters. The Morgan fingerprint density at radius 2 is 2.11 bits per heavy atom. The van der Waals surface area contributed by atoms with Gasteiger partial charge in [0.15, 0.2) is 17.4 Å². The van der Waals surface area contributed by atoms with Crippen molar-refractivity contribution in [2.24, 2.45) is 0 Å². The van der Waals surface area contributed by atoms with Crippen LogP contribution in [0.5, 0.6) is 5.75 Å². The number of nitrogens with zero attached hydrogens (tertiary/aromatic N) is 3. The van der Waals surface area contributed by atoms with Gasteiger partial charge < -0.3 is 25.0 Å². The van der Waals surface area contributed by atoms with Crippen LogP contribution in [-0.2, 0) is 4.74 Å². The van der Waals surface area contributed by atoms with Gasteiger partial charge in [0, 0.05) is 37.8 Å². The lowest BCUT2D eigenvalue weighted by molar-refractivity contribution is 0.0954. The van der Waals surface area contributed by atoms with E-state index in [-0.39, 0.29) is 17.2 Å². The van der Waals surface area contributed by atoms with Crippen molar-refractivity contribution in [3.05, 3.63) is 41.8 Å². The van der Waals surface area contributed by atoms with E-state index in [0.717, 1.165) is 24.8 Å². The van der Waals surface area contributed by atoms with Crippen molar-refractivity contribution in [1.29, 1.82) is 0 Å². The fraction of sp³-hybridized carbons (Fsp3) is 0.389. The van der Waals surface area contributed by atoms with E-state index in [0.29, 0.717) is 32.1 Å². The number of aromatic nitrogens is 2. The molecule has 1 fully saturated rings. The van der Waals surface area contributed by atoms with Crippen LogP contribution in [0.25, 0.3) is 0 Å². The highest BCUT2D eigenvalue weighted by Crippen LogP contribution is 2.18. The van der Waals surface area contributed by atoms with E-state index >= 15 is 0 Å². The minimum Gasteiger partial charge on any atom is -0.494 e. The van der Waals surface area contributed by atoms with Crippen molar-refractivity contribution in [1.82, 2.24) is 15.5 Å². The Labute approximate surface area is 156 Å². The van der Waals surface area contributed by atoms with Gasteiger partial charge in [-0.25, -0.2) is 4.39 Å². The van der Waals surface area contributed by atoms with Crippen molar-refractivity contribution in [3.8, 4) is 5.75 Å². The lowest BCUT2D eigenvalue weighted by Gasteiger charge is -2.28. The molecule has 1 aliphatic heterocycles. The highest BCUT2D eigenvalue weighted by molar-refractivity contribution is 5.94. The normalized spacial score (nSPS) is 13.9. The highest BCUT2D eigenvalue weighted by atomic mass is 19.1. The van der Waals surface area contributed by atoms with Crippen LogP contribution in [0.4, 0.5) is 15.9 Å². The summed E-state index contributed by atoms with van der Waals surface area (Å²) in [6.45, 7) is 3.85. The summed E-state index contributed by atoms with van der Waals surface area (Å²) in [6, 6.07) is 6.01. The molecule has 0 spiro atoms. The predicted molar refractivity (Wildman–Crippen MR) is 98.8 cm³/mol. The van der Waals surface area contributed by atoms with Gasteiger partial charge in [-0.1, -0.05) is 0 Å². The third kappa shape index (κ3) is 5.04. The molecule has 2 N–H and O–H groups in total. The molecule has 9 heteroatoms. The molecular weight excluding hydrogens is 353 g/mol. The molecule has 0 radical (unpaired) electrons. The lowest BCUT2D eigenvalue weighted by atomic mass is 10.2. The fourth-order valence-corrected chi connectivity index (χ4v) is 2.71. The van der Waals surface area contributed by atoms with Gasteiger partial charge in [0.25, 0.3) is 5.91 Å². The van der Waals surface area contributed by atoms with Crippen molar-refractivity contribution in [2.45, 2.75) is 0 Å². The topological polar surface area (TPSA) is 88.6 Å². The van der Waals surface area contributed by atoms with Crippen molar-refractivity contribution >= 4 is 17.4 Å². The Morgan fingerprint density at radius 3 is 2.85 bits per heavy atom. The zero-order valence-electron chi connectivity index (χ0n) is 15.1. The van der Waals surface area contributed by atoms with Gasteiger partial charge in [0.1, 0.15) is 0 Å². The minimum atomic E-state index is -0.571. The number of carbonyl (C=O) groups excluding carboxylic acids is 1. The average molecular weight is 375 g/mol. The number of anilines is 2. The summed E-state index contributed by atoms with van der Waals surface area (Å²) < 4.78 is 23.9. The molecule has 0 saturated carbocycles. The number of nitrogens with one attached hydrogen (secondary N) is 2. The number of halogens is 1. The molecule has 144 valence electrons.